The molecule has 2 unspecified atom stereocenters. The maximum Gasteiger partial charge on any atom is 0.360 e. The molecule has 0 fully saturated rings. The highest BCUT2D eigenvalue weighted by molar-refractivity contribution is 7.75. The predicted octanol–water partition coefficient (Wildman–Crippen LogP) is 3.18. The molecule has 0 heterocycles. The van der Waals surface area contributed by atoms with Crippen LogP contribution in [0.15, 0.2) is 24.3 Å². The summed E-state index contributed by atoms with van der Waals surface area (Å²) in [4.78, 5) is 24.4. The SMILES string of the molecule is CC(=O)C(C)(COS(=O)Oc1ccc(C)cc1)C(=O)C(C)(C)C. The van der Waals surface area contributed by atoms with Crippen molar-refractivity contribution in [2.75, 3.05) is 6.61 Å². The topological polar surface area (TPSA) is 69.7 Å². The van der Waals surface area contributed by atoms with Crippen LogP contribution in [0.25, 0.3) is 0 Å². The molecule has 0 amide bonds. The Balaban J connectivity index is 2.75. The minimum Gasteiger partial charge on any atom is -0.380 e. The Bertz CT molecular complexity index is 600. The third-order valence-electron chi connectivity index (χ3n) is 3.59. The van der Waals surface area contributed by atoms with Crippen LogP contribution in [0, 0.1) is 17.8 Å². The molecule has 6 heteroatoms. The lowest BCUT2D eigenvalue weighted by molar-refractivity contribution is -0.145. The molecule has 1 aromatic rings. The quantitative estimate of drug-likeness (QED) is 0.713. The summed E-state index contributed by atoms with van der Waals surface area (Å²) in [6, 6.07) is 6.97. The molecule has 5 nitrogen and oxygen atoms in total. The largest absolute Gasteiger partial charge is 0.380 e. The Hall–Kier alpha value is -1.53. The highest BCUT2D eigenvalue weighted by atomic mass is 32.2. The molecule has 0 saturated heterocycles. The molecule has 0 aliphatic rings. The standard InChI is InChI=1S/C17H24O5S/c1-12-7-9-14(10-8-12)22-23(20)21-11-17(6,13(2)18)15(19)16(3,4)5/h7-10H,11H2,1-6H3. The normalized spacial score (nSPS) is 15.6. The zero-order chi connectivity index (χ0) is 17.8. The van der Waals surface area contributed by atoms with E-state index >= 15 is 0 Å². The average Bonchev–Trinajstić information content (AvgIpc) is 2.45. The van der Waals surface area contributed by atoms with Gasteiger partial charge in [0.25, 0.3) is 0 Å². The third kappa shape index (κ3) is 5.25. The van der Waals surface area contributed by atoms with Crippen LogP contribution in [0.2, 0.25) is 0 Å². The summed E-state index contributed by atoms with van der Waals surface area (Å²) >= 11 is -2.09. The smallest absolute Gasteiger partial charge is 0.360 e. The van der Waals surface area contributed by atoms with E-state index in [9.17, 15) is 13.8 Å². The lowest BCUT2D eigenvalue weighted by Gasteiger charge is -2.31. The first kappa shape index (κ1) is 19.5. The van der Waals surface area contributed by atoms with Crippen molar-refractivity contribution in [3.63, 3.8) is 0 Å². The molecule has 1 aromatic carbocycles. The van der Waals surface area contributed by atoms with Crippen LogP contribution in [0.3, 0.4) is 0 Å². The van der Waals surface area contributed by atoms with E-state index in [2.05, 4.69) is 0 Å². The van der Waals surface area contributed by atoms with E-state index in [-0.39, 0.29) is 18.2 Å². The summed E-state index contributed by atoms with van der Waals surface area (Å²) in [6.07, 6.45) is 0. The summed E-state index contributed by atoms with van der Waals surface area (Å²) in [6.45, 7) is 9.66. The highest BCUT2D eigenvalue weighted by Crippen LogP contribution is 2.31. The number of aryl methyl sites for hydroxylation is 1. The number of hydrogen-bond acceptors (Lipinski definition) is 5. The Kier molecular flexibility index (Phi) is 6.25. The number of carbonyl (C=O) groups is 2. The van der Waals surface area contributed by atoms with Crippen molar-refractivity contribution < 1.29 is 22.2 Å². The first-order valence-corrected chi connectivity index (χ1v) is 8.33. The molecule has 1 rings (SSSR count). The molecule has 0 bridgehead atoms. The Morgan fingerprint density at radius 2 is 1.61 bits per heavy atom. The van der Waals surface area contributed by atoms with E-state index in [1.165, 1.54) is 13.8 Å². The Morgan fingerprint density at radius 1 is 1.09 bits per heavy atom. The van der Waals surface area contributed by atoms with Crippen molar-refractivity contribution in [1.82, 2.24) is 0 Å². The molecular weight excluding hydrogens is 316 g/mol. The van der Waals surface area contributed by atoms with E-state index in [0.29, 0.717) is 5.75 Å². The number of ketones is 2. The van der Waals surface area contributed by atoms with Gasteiger partial charge in [-0.1, -0.05) is 38.5 Å². The monoisotopic (exact) mass is 340 g/mol. The molecule has 0 aliphatic carbocycles. The van der Waals surface area contributed by atoms with Gasteiger partial charge in [-0.25, -0.2) is 0 Å². The summed E-state index contributed by atoms with van der Waals surface area (Å²) < 4.78 is 22.1. The van der Waals surface area contributed by atoms with Gasteiger partial charge >= 0.3 is 11.4 Å². The van der Waals surface area contributed by atoms with E-state index in [1.807, 2.05) is 19.1 Å². The van der Waals surface area contributed by atoms with Gasteiger partial charge in [0.15, 0.2) is 5.78 Å². The second kappa shape index (κ2) is 7.36. The van der Waals surface area contributed by atoms with Gasteiger partial charge in [0.05, 0.1) is 6.61 Å². The molecule has 128 valence electrons. The van der Waals surface area contributed by atoms with Crippen LogP contribution < -0.4 is 4.18 Å². The predicted molar refractivity (Wildman–Crippen MR) is 89.2 cm³/mol. The fourth-order valence-corrected chi connectivity index (χ4v) is 2.67. The van der Waals surface area contributed by atoms with Crippen molar-refractivity contribution >= 4 is 22.9 Å². The van der Waals surface area contributed by atoms with Gasteiger partial charge in [-0.2, -0.15) is 4.21 Å². The Labute approximate surface area is 140 Å². The molecular formula is C17H24O5S. The summed E-state index contributed by atoms with van der Waals surface area (Å²) in [5, 5.41) is 0. The van der Waals surface area contributed by atoms with Crippen LogP contribution in [0.5, 0.6) is 5.75 Å². The van der Waals surface area contributed by atoms with Gasteiger partial charge in [-0.05, 0) is 32.9 Å². The molecule has 23 heavy (non-hydrogen) atoms. The van der Waals surface area contributed by atoms with Crippen molar-refractivity contribution in [3.05, 3.63) is 29.8 Å². The van der Waals surface area contributed by atoms with Gasteiger partial charge < -0.3 is 4.18 Å². The zero-order valence-electron chi connectivity index (χ0n) is 14.5. The highest BCUT2D eigenvalue weighted by Gasteiger charge is 2.44. The van der Waals surface area contributed by atoms with Crippen molar-refractivity contribution in [1.29, 1.82) is 0 Å². The number of rotatable bonds is 7. The van der Waals surface area contributed by atoms with Crippen LogP contribution in [0.1, 0.15) is 40.2 Å². The van der Waals surface area contributed by atoms with Crippen molar-refractivity contribution in [2.45, 2.75) is 41.5 Å². The van der Waals surface area contributed by atoms with Gasteiger partial charge in [-0.3, -0.25) is 13.8 Å². The van der Waals surface area contributed by atoms with Crippen LogP contribution in [0.4, 0.5) is 0 Å². The fraction of sp³-hybridized carbons (Fsp3) is 0.529. The first-order chi connectivity index (χ1) is 10.5. The second-order valence-electron chi connectivity index (χ2n) is 6.83. The second-order valence-corrected chi connectivity index (χ2v) is 7.64. The zero-order valence-corrected chi connectivity index (χ0v) is 15.3. The molecule has 0 aromatic heterocycles. The molecule has 0 spiro atoms. The number of hydrogen-bond donors (Lipinski definition) is 0. The Morgan fingerprint density at radius 3 is 2.04 bits per heavy atom. The summed E-state index contributed by atoms with van der Waals surface area (Å²) in [7, 11) is 0. The van der Waals surface area contributed by atoms with Crippen molar-refractivity contribution in [2.24, 2.45) is 10.8 Å². The molecule has 0 N–H and O–H groups in total. The van der Waals surface area contributed by atoms with Gasteiger partial charge in [0.1, 0.15) is 16.9 Å². The molecule has 0 radical (unpaired) electrons. The van der Waals surface area contributed by atoms with E-state index in [4.69, 9.17) is 8.37 Å². The maximum absolute atomic E-state index is 12.5. The average molecular weight is 340 g/mol. The van der Waals surface area contributed by atoms with Crippen LogP contribution in [-0.4, -0.2) is 22.4 Å². The van der Waals surface area contributed by atoms with E-state index in [1.54, 1.807) is 32.9 Å². The lowest BCUT2D eigenvalue weighted by atomic mass is 9.72. The van der Waals surface area contributed by atoms with Gasteiger partial charge in [-0.15, -0.1) is 0 Å². The van der Waals surface area contributed by atoms with Crippen LogP contribution >= 0.6 is 0 Å². The third-order valence-corrected chi connectivity index (χ3v) is 4.23. The number of Topliss-reactive ketones (excluding diaryl/α,β-unsaturated/α-hetero) is 2. The lowest BCUT2D eigenvalue weighted by Crippen LogP contribution is -2.45. The summed E-state index contributed by atoms with van der Waals surface area (Å²) in [5.41, 5.74) is -1.02. The minimum absolute atomic E-state index is 0.259. The fourth-order valence-electron chi connectivity index (χ4n) is 2.02. The van der Waals surface area contributed by atoms with E-state index in [0.717, 1.165) is 5.56 Å². The molecule has 2 atom stereocenters. The summed E-state index contributed by atoms with van der Waals surface area (Å²) in [5.74, 6) is -0.199. The first-order valence-electron chi connectivity index (χ1n) is 7.33. The van der Waals surface area contributed by atoms with Gasteiger partial charge in [0, 0.05) is 5.41 Å². The number of benzene rings is 1. The molecule has 0 aliphatic heterocycles. The van der Waals surface area contributed by atoms with Crippen molar-refractivity contribution in [3.8, 4) is 5.75 Å². The van der Waals surface area contributed by atoms with E-state index < -0.39 is 22.2 Å². The minimum atomic E-state index is -2.09. The van der Waals surface area contributed by atoms with Gasteiger partial charge in [0.2, 0.25) is 0 Å². The maximum atomic E-state index is 12.5. The number of carbonyl (C=O) groups excluding carboxylic acids is 2. The molecule has 0 saturated carbocycles. The van der Waals surface area contributed by atoms with Crippen LogP contribution in [-0.2, 0) is 25.1 Å².